The van der Waals surface area contributed by atoms with Crippen LogP contribution in [-0.2, 0) is 22.4 Å². The second kappa shape index (κ2) is 10.9. The van der Waals surface area contributed by atoms with E-state index >= 15 is 0 Å². The summed E-state index contributed by atoms with van der Waals surface area (Å²) in [4.78, 5) is 22.1. The number of nitrogens with one attached hydrogen (secondary N) is 1. The molecule has 0 spiro atoms. The quantitative estimate of drug-likeness (QED) is 0.517. The fraction of sp³-hybridized carbons (Fsp3) is 0.522. The highest BCUT2D eigenvalue weighted by Gasteiger charge is 2.26. The first-order valence-electron chi connectivity index (χ1n) is 10.7. The predicted octanol–water partition coefficient (Wildman–Crippen LogP) is 3.58. The van der Waals surface area contributed by atoms with E-state index in [4.69, 9.17) is 14.5 Å². The van der Waals surface area contributed by atoms with Gasteiger partial charge in [-0.25, -0.2) is 4.98 Å². The summed E-state index contributed by atoms with van der Waals surface area (Å²) in [6.07, 6.45) is 3.94. The maximum absolute atomic E-state index is 12.6. The van der Waals surface area contributed by atoms with Gasteiger partial charge in [-0.1, -0.05) is 30.3 Å². The summed E-state index contributed by atoms with van der Waals surface area (Å²) >= 11 is 0. The Balaban J connectivity index is 1.71. The van der Waals surface area contributed by atoms with Gasteiger partial charge < -0.3 is 14.8 Å². The van der Waals surface area contributed by atoms with Crippen molar-refractivity contribution in [3.05, 3.63) is 41.6 Å². The molecule has 1 amide bonds. The lowest BCUT2D eigenvalue weighted by Gasteiger charge is -2.14. The summed E-state index contributed by atoms with van der Waals surface area (Å²) < 4.78 is 11.2. The van der Waals surface area contributed by atoms with Crippen molar-refractivity contribution in [2.24, 2.45) is 5.92 Å². The molecule has 1 aromatic heterocycles. The Labute approximate surface area is 173 Å². The number of nitrogens with zero attached hydrogens (tertiary/aromatic N) is 2. The van der Waals surface area contributed by atoms with Gasteiger partial charge in [0.2, 0.25) is 11.8 Å². The normalized spacial score (nSPS) is 16.0. The van der Waals surface area contributed by atoms with Crippen molar-refractivity contribution in [2.75, 3.05) is 26.4 Å². The number of aryl methyl sites for hydroxylation is 1. The maximum Gasteiger partial charge on any atom is 0.223 e. The Morgan fingerprint density at radius 2 is 1.90 bits per heavy atom. The molecule has 1 heterocycles. The summed E-state index contributed by atoms with van der Waals surface area (Å²) in [7, 11) is 0. The van der Waals surface area contributed by atoms with Crippen molar-refractivity contribution < 1.29 is 14.3 Å². The van der Waals surface area contributed by atoms with Crippen LogP contribution in [0.2, 0.25) is 0 Å². The summed E-state index contributed by atoms with van der Waals surface area (Å²) in [5.74, 6) is 1.47. The number of hydrogen-bond donors (Lipinski definition) is 1. The molecule has 1 unspecified atom stereocenters. The molecule has 1 aliphatic carbocycles. The third-order valence-electron chi connectivity index (χ3n) is 5.18. The molecular weight excluding hydrogens is 366 g/mol. The van der Waals surface area contributed by atoms with E-state index in [1.165, 1.54) is 0 Å². The van der Waals surface area contributed by atoms with Gasteiger partial charge in [0, 0.05) is 36.8 Å². The fourth-order valence-corrected chi connectivity index (χ4v) is 3.65. The summed E-state index contributed by atoms with van der Waals surface area (Å²) in [6.45, 7) is 6.55. The minimum atomic E-state index is -0.00838. The molecule has 3 rings (SSSR count). The Hall–Kier alpha value is -2.47. The fourth-order valence-electron chi connectivity index (χ4n) is 3.65. The SMILES string of the molecule is CCOCCCNC(=O)C1CCc2nc(-c3ccccc3)nc(OCC)c2CC1. The molecule has 0 saturated carbocycles. The van der Waals surface area contributed by atoms with Crippen LogP contribution in [0.25, 0.3) is 11.4 Å². The van der Waals surface area contributed by atoms with Gasteiger partial charge in [-0.2, -0.15) is 4.98 Å². The summed E-state index contributed by atoms with van der Waals surface area (Å²) in [6, 6.07) is 9.96. The van der Waals surface area contributed by atoms with Crippen LogP contribution in [0.5, 0.6) is 5.88 Å². The van der Waals surface area contributed by atoms with Crippen LogP contribution < -0.4 is 10.1 Å². The van der Waals surface area contributed by atoms with Crippen molar-refractivity contribution in [1.82, 2.24) is 15.3 Å². The zero-order chi connectivity index (χ0) is 20.5. The number of aromatic nitrogens is 2. The van der Waals surface area contributed by atoms with Crippen molar-refractivity contribution in [2.45, 2.75) is 46.0 Å². The van der Waals surface area contributed by atoms with E-state index in [9.17, 15) is 4.79 Å². The molecule has 1 atom stereocenters. The first kappa shape index (κ1) is 21.2. The number of carbonyl (C=O) groups excluding carboxylic acids is 1. The smallest absolute Gasteiger partial charge is 0.223 e. The van der Waals surface area contributed by atoms with Crippen molar-refractivity contribution in [3.63, 3.8) is 0 Å². The van der Waals surface area contributed by atoms with Gasteiger partial charge in [0.15, 0.2) is 5.82 Å². The lowest BCUT2D eigenvalue weighted by atomic mass is 9.99. The van der Waals surface area contributed by atoms with Crippen LogP contribution in [0, 0.1) is 5.92 Å². The van der Waals surface area contributed by atoms with Gasteiger partial charge in [-0.3, -0.25) is 4.79 Å². The number of carbonyl (C=O) groups is 1. The van der Waals surface area contributed by atoms with Crippen LogP contribution in [0.15, 0.2) is 30.3 Å². The molecule has 0 fully saturated rings. The monoisotopic (exact) mass is 397 g/mol. The van der Waals surface area contributed by atoms with Crippen LogP contribution in [0.4, 0.5) is 0 Å². The highest BCUT2D eigenvalue weighted by atomic mass is 16.5. The van der Waals surface area contributed by atoms with Crippen LogP contribution in [0.1, 0.15) is 44.4 Å². The lowest BCUT2D eigenvalue weighted by molar-refractivity contribution is -0.125. The first-order chi connectivity index (χ1) is 14.2. The molecule has 1 N–H and O–H groups in total. The van der Waals surface area contributed by atoms with E-state index in [-0.39, 0.29) is 11.8 Å². The second-order valence-corrected chi connectivity index (χ2v) is 7.19. The molecule has 1 aromatic carbocycles. The standard InChI is InChI=1S/C23H31N3O3/c1-3-28-16-8-15-24-22(27)18-11-13-19-20(14-12-18)25-21(26-23(19)29-4-2)17-9-6-5-7-10-17/h5-7,9-10,18H,3-4,8,11-16H2,1-2H3,(H,24,27). The molecular formula is C23H31N3O3. The highest BCUT2D eigenvalue weighted by Crippen LogP contribution is 2.31. The zero-order valence-corrected chi connectivity index (χ0v) is 17.4. The van der Waals surface area contributed by atoms with Crippen LogP contribution in [-0.4, -0.2) is 42.2 Å². The van der Waals surface area contributed by atoms with E-state index in [2.05, 4.69) is 10.3 Å². The molecule has 0 saturated heterocycles. The van der Waals surface area contributed by atoms with E-state index in [1.807, 2.05) is 44.2 Å². The number of amides is 1. The molecule has 156 valence electrons. The first-order valence-corrected chi connectivity index (χ1v) is 10.7. The maximum atomic E-state index is 12.6. The average Bonchev–Trinajstić information content (AvgIpc) is 2.97. The summed E-state index contributed by atoms with van der Waals surface area (Å²) in [5, 5.41) is 3.06. The van der Waals surface area contributed by atoms with Gasteiger partial charge in [-0.05, 0) is 46.0 Å². The zero-order valence-electron chi connectivity index (χ0n) is 17.4. The van der Waals surface area contributed by atoms with Gasteiger partial charge in [0.25, 0.3) is 0 Å². The molecule has 2 aromatic rings. The van der Waals surface area contributed by atoms with E-state index in [0.29, 0.717) is 38.1 Å². The Morgan fingerprint density at radius 3 is 2.66 bits per heavy atom. The van der Waals surface area contributed by atoms with Crippen molar-refractivity contribution >= 4 is 5.91 Å². The average molecular weight is 398 g/mol. The summed E-state index contributed by atoms with van der Waals surface area (Å²) in [5.41, 5.74) is 3.04. The topological polar surface area (TPSA) is 73.3 Å². The molecule has 6 nitrogen and oxygen atoms in total. The lowest BCUT2D eigenvalue weighted by Crippen LogP contribution is -2.32. The Kier molecular flexibility index (Phi) is 7.99. The minimum Gasteiger partial charge on any atom is -0.478 e. The molecule has 1 aliphatic rings. The second-order valence-electron chi connectivity index (χ2n) is 7.19. The van der Waals surface area contributed by atoms with Gasteiger partial charge >= 0.3 is 0 Å². The molecule has 0 bridgehead atoms. The molecule has 0 radical (unpaired) electrons. The third-order valence-corrected chi connectivity index (χ3v) is 5.18. The van der Waals surface area contributed by atoms with Gasteiger partial charge in [-0.15, -0.1) is 0 Å². The highest BCUT2D eigenvalue weighted by molar-refractivity contribution is 5.78. The van der Waals surface area contributed by atoms with E-state index in [1.54, 1.807) is 0 Å². The van der Waals surface area contributed by atoms with E-state index < -0.39 is 0 Å². The molecule has 0 aliphatic heterocycles. The molecule has 6 heteroatoms. The Bertz CT molecular complexity index is 795. The van der Waals surface area contributed by atoms with E-state index in [0.717, 1.165) is 48.9 Å². The van der Waals surface area contributed by atoms with Crippen molar-refractivity contribution in [1.29, 1.82) is 0 Å². The van der Waals surface area contributed by atoms with Gasteiger partial charge in [0.05, 0.1) is 12.3 Å². The van der Waals surface area contributed by atoms with Gasteiger partial charge in [0.1, 0.15) is 0 Å². The third kappa shape index (κ3) is 5.76. The number of rotatable bonds is 9. The van der Waals surface area contributed by atoms with Crippen molar-refractivity contribution in [3.8, 4) is 17.3 Å². The van der Waals surface area contributed by atoms with Crippen LogP contribution >= 0.6 is 0 Å². The largest absolute Gasteiger partial charge is 0.478 e. The minimum absolute atomic E-state index is 0.00838. The number of fused-ring (bicyclic) bond motifs is 1. The molecule has 29 heavy (non-hydrogen) atoms. The number of hydrogen-bond acceptors (Lipinski definition) is 5. The van der Waals surface area contributed by atoms with Crippen LogP contribution in [0.3, 0.4) is 0 Å². The number of ether oxygens (including phenoxy) is 2. The number of benzene rings is 1. The predicted molar refractivity (Wildman–Crippen MR) is 113 cm³/mol. The Morgan fingerprint density at radius 1 is 1.10 bits per heavy atom.